The van der Waals surface area contributed by atoms with E-state index in [0.717, 1.165) is 6.42 Å². The number of ether oxygens (including phenoxy) is 1. The molecule has 198 valence electrons. The molecule has 4 unspecified atom stereocenters. The Hall–Kier alpha value is -2.87. The Labute approximate surface area is 223 Å². The van der Waals surface area contributed by atoms with Gasteiger partial charge in [-0.1, -0.05) is 53.4 Å². The number of benzene rings is 1. The average molecular weight is 550 g/mol. The average Bonchev–Trinajstić information content (AvgIpc) is 2.85. The molecule has 2 heterocycles. The molecule has 0 radical (unpaired) electrons. The van der Waals surface area contributed by atoms with E-state index < -0.39 is 16.8 Å². The second kappa shape index (κ2) is 11.7. The molecule has 0 aliphatic carbocycles. The molecule has 3 N–H and O–H groups in total. The molecule has 1 aromatic carbocycles. The van der Waals surface area contributed by atoms with Crippen molar-refractivity contribution in [1.82, 2.24) is 15.0 Å². The second-order valence-electron chi connectivity index (χ2n) is 8.97. The van der Waals surface area contributed by atoms with Crippen molar-refractivity contribution in [1.29, 1.82) is 0 Å². The van der Waals surface area contributed by atoms with E-state index in [9.17, 15) is 9.50 Å². The van der Waals surface area contributed by atoms with Gasteiger partial charge in [0.25, 0.3) is 0 Å². The van der Waals surface area contributed by atoms with E-state index in [1.165, 1.54) is 37.4 Å². The molecule has 0 fully saturated rings. The number of halogens is 3. The smallest absolute Gasteiger partial charge is 0.232 e. The van der Waals surface area contributed by atoms with Crippen molar-refractivity contribution in [2.75, 3.05) is 6.61 Å². The third kappa shape index (κ3) is 6.72. The van der Waals surface area contributed by atoms with Crippen LogP contribution in [0.2, 0.25) is 5.15 Å². The van der Waals surface area contributed by atoms with Crippen molar-refractivity contribution in [2.45, 2.75) is 44.6 Å². The third-order valence-electron chi connectivity index (χ3n) is 6.26. The zero-order chi connectivity index (χ0) is 27.4. The monoisotopic (exact) mass is 549 g/mol. The summed E-state index contributed by atoms with van der Waals surface area (Å²) in [5.41, 5.74) is 5.92. The number of aromatic nitrogens is 2. The van der Waals surface area contributed by atoms with Gasteiger partial charge in [0.2, 0.25) is 5.88 Å². The van der Waals surface area contributed by atoms with Gasteiger partial charge in [-0.3, -0.25) is 0 Å². The maximum Gasteiger partial charge on any atom is 0.232 e. The summed E-state index contributed by atoms with van der Waals surface area (Å²) in [5.74, 6) is 0.276. The summed E-state index contributed by atoms with van der Waals surface area (Å²) in [6.07, 6.45) is 7.17. The molecule has 11 heteroatoms. The van der Waals surface area contributed by atoms with Crippen LogP contribution in [0.3, 0.4) is 0 Å². The number of amidine groups is 1. The fourth-order valence-electron chi connectivity index (χ4n) is 3.39. The highest BCUT2D eigenvalue weighted by molar-refractivity contribution is 7.18. The van der Waals surface area contributed by atoms with E-state index in [4.69, 9.17) is 22.1 Å². The van der Waals surface area contributed by atoms with Crippen molar-refractivity contribution in [3.05, 3.63) is 83.3 Å². The first kappa shape index (κ1) is 28.7. The number of alkyl halides is 1. The van der Waals surface area contributed by atoms with E-state index in [0.29, 0.717) is 22.8 Å². The van der Waals surface area contributed by atoms with Crippen LogP contribution >= 0.6 is 20.8 Å². The number of hydrogen-bond donors (Lipinski definition) is 2. The van der Waals surface area contributed by atoms with E-state index in [1.54, 1.807) is 23.4 Å². The van der Waals surface area contributed by atoms with Crippen LogP contribution in [0.15, 0.2) is 66.2 Å². The number of hydrogen-bond acceptors (Lipinski definition) is 6. The number of nitrogens with zero attached hydrogens (tertiary/aromatic N) is 4. The largest absolute Gasteiger partial charge is 0.476 e. The van der Waals surface area contributed by atoms with Crippen LogP contribution < -0.4 is 10.5 Å². The molecule has 4 atom stereocenters. The Morgan fingerprint density at radius 1 is 1.38 bits per heavy atom. The van der Waals surface area contributed by atoms with Gasteiger partial charge < -0.3 is 15.6 Å². The molecule has 0 amide bonds. The van der Waals surface area contributed by atoms with Crippen LogP contribution in [0.1, 0.15) is 44.9 Å². The van der Waals surface area contributed by atoms with Gasteiger partial charge in [-0.25, -0.2) is 23.8 Å². The lowest BCUT2D eigenvalue weighted by molar-refractivity contribution is -0.0535. The van der Waals surface area contributed by atoms with Crippen molar-refractivity contribution in [3.63, 3.8) is 0 Å². The molecule has 3 rings (SSSR count). The molecule has 0 spiro atoms. The quantitative estimate of drug-likeness (QED) is 0.230. The van der Waals surface area contributed by atoms with E-state index in [1.807, 2.05) is 23.1 Å². The van der Waals surface area contributed by atoms with Gasteiger partial charge in [0.1, 0.15) is 22.9 Å². The number of rotatable bonds is 10. The molecule has 1 aliphatic heterocycles. The molecular formula is C26H31ClF2N5O2P. The lowest BCUT2D eigenvalue weighted by Gasteiger charge is -2.36. The standard InChI is InChI=1S/C26H31ClF2N5O2P/c1-5-16(2)24(30)33-34-12-10-18(14-17(34)3)22-23(27)31-15-21(32-22)36-13-11-26(29,37)25(4,35)19-6-8-20(28)9-7-19/h6-10,12,14-16,35H,3,5,11,13,37H2,1-2,4H3,(H2,30,33). The topological polar surface area (TPSA) is 96.9 Å². The lowest BCUT2D eigenvalue weighted by Crippen LogP contribution is -2.42. The Kier molecular flexibility index (Phi) is 9.05. The molecule has 1 aliphatic rings. The van der Waals surface area contributed by atoms with Crippen LogP contribution in [0.5, 0.6) is 5.88 Å². The van der Waals surface area contributed by atoms with Gasteiger partial charge in [-0.2, -0.15) is 5.10 Å². The van der Waals surface area contributed by atoms with Crippen molar-refractivity contribution in [2.24, 2.45) is 16.8 Å². The summed E-state index contributed by atoms with van der Waals surface area (Å²) in [5, 5.41) is 14.8. The van der Waals surface area contributed by atoms with E-state index in [-0.39, 0.29) is 35.5 Å². The van der Waals surface area contributed by atoms with Gasteiger partial charge in [0.05, 0.1) is 18.5 Å². The fraction of sp³-hybridized carbons (Fsp3) is 0.346. The van der Waals surface area contributed by atoms with Gasteiger partial charge in [0.15, 0.2) is 10.6 Å². The van der Waals surface area contributed by atoms with Gasteiger partial charge in [-0.15, -0.1) is 0 Å². The second-order valence-corrected chi connectivity index (χ2v) is 10.2. The first-order valence-corrected chi connectivity index (χ1v) is 12.6. The van der Waals surface area contributed by atoms with E-state index >= 15 is 4.39 Å². The Morgan fingerprint density at radius 2 is 2.05 bits per heavy atom. The molecule has 7 nitrogen and oxygen atoms in total. The first-order valence-electron chi connectivity index (χ1n) is 11.7. The summed E-state index contributed by atoms with van der Waals surface area (Å²) in [4.78, 5) is 8.55. The summed E-state index contributed by atoms with van der Waals surface area (Å²) < 4.78 is 34.3. The first-order chi connectivity index (χ1) is 17.4. The molecule has 0 bridgehead atoms. The van der Waals surface area contributed by atoms with Crippen LogP contribution in [0.4, 0.5) is 8.78 Å². The highest BCUT2D eigenvalue weighted by Gasteiger charge is 2.45. The molecule has 1 aromatic heterocycles. The summed E-state index contributed by atoms with van der Waals surface area (Å²) in [7, 11) is 2.02. The predicted octanol–water partition coefficient (Wildman–Crippen LogP) is 5.53. The SMILES string of the molecule is C=C1C=C(c2nc(OCCC(F)(P)C(C)(O)c3ccc(F)cc3)cnc2Cl)C=CN1/N=C(/N)C(C)CC. The zero-order valence-corrected chi connectivity index (χ0v) is 22.9. The number of allylic oxidation sites excluding steroid dienone is 3. The van der Waals surface area contributed by atoms with E-state index in [2.05, 4.69) is 21.6 Å². The molecule has 2 aromatic rings. The Morgan fingerprint density at radius 3 is 2.68 bits per heavy atom. The fourth-order valence-corrected chi connectivity index (χ4v) is 3.88. The molecular weight excluding hydrogens is 519 g/mol. The molecule has 0 saturated heterocycles. The highest BCUT2D eigenvalue weighted by Crippen LogP contribution is 2.43. The maximum atomic E-state index is 15.5. The van der Waals surface area contributed by atoms with Crippen LogP contribution in [-0.4, -0.2) is 37.9 Å². The van der Waals surface area contributed by atoms with Crippen molar-refractivity contribution in [3.8, 4) is 5.88 Å². The summed E-state index contributed by atoms with van der Waals surface area (Å²) in [6.45, 7) is 9.24. The summed E-state index contributed by atoms with van der Waals surface area (Å²) in [6, 6.07) is 5.02. The minimum atomic E-state index is -2.17. The Balaban J connectivity index is 1.69. The minimum absolute atomic E-state index is 0.119. The number of aliphatic hydroxyl groups is 1. The lowest BCUT2D eigenvalue weighted by atomic mass is 9.89. The van der Waals surface area contributed by atoms with Crippen LogP contribution in [0, 0.1) is 11.7 Å². The minimum Gasteiger partial charge on any atom is -0.476 e. The van der Waals surface area contributed by atoms with Gasteiger partial charge in [0, 0.05) is 24.1 Å². The summed E-state index contributed by atoms with van der Waals surface area (Å²) >= 11 is 6.29. The van der Waals surface area contributed by atoms with Crippen LogP contribution in [-0.2, 0) is 5.60 Å². The van der Waals surface area contributed by atoms with Gasteiger partial charge in [-0.05, 0) is 43.2 Å². The zero-order valence-electron chi connectivity index (χ0n) is 21.0. The predicted molar refractivity (Wildman–Crippen MR) is 146 cm³/mol. The molecule has 37 heavy (non-hydrogen) atoms. The number of hydrazone groups is 1. The Bertz CT molecular complexity index is 1230. The third-order valence-corrected chi connectivity index (χ3v) is 7.39. The maximum absolute atomic E-state index is 15.5. The van der Waals surface area contributed by atoms with Crippen molar-refractivity contribution >= 4 is 32.2 Å². The number of nitrogens with two attached hydrogens (primary N) is 1. The van der Waals surface area contributed by atoms with Crippen molar-refractivity contribution < 1.29 is 18.6 Å². The van der Waals surface area contributed by atoms with Crippen LogP contribution in [0.25, 0.3) is 5.57 Å². The molecule has 0 saturated carbocycles. The highest BCUT2D eigenvalue weighted by atomic mass is 35.5. The normalized spacial score (nSPS) is 18.2. The van der Waals surface area contributed by atoms with Gasteiger partial charge >= 0.3 is 0 Å².